The number of hydrogen-bond acceptors (Lipinski definition) is 5. The lowest BCUT2D eigenvalue weighted by Crippen LogP contribution is -2.43. The Hall–Kier alpha value is -1.43. The van der Waals surface area contributed by atoms with E-state index in [1.54, 1.807) is 6.92 Å². The van der Waals surface area contributed by atoms with Gasteiger partial charge in [-0.25, -0.2) is 0 Å². The van der Waals surface area contributed by atoms with E-state index in [1.165, 1.54) is 0 Å². The van der Waals surface area contributed by atoms with Crippen LogP contribution in [0.5, 0.6) is 0 Å². The van der Waals surface area contributed by atoms with Gasteiger partial charge in [0.05, 0.1) is 12.0 Å². The third-order valence-corrected chi connectivity index (χ3v) is 3.88. The average Bonchev–Trinajstić information content (AvgIpc) is 2.76. The molecule has 6 heteroatoms. The van der Waals surface area contributed by atoms with Gasteiger partial charge >= 0.3 is 5.97 Å². The molecule has 1 saturated heterocycles. The van der Waals surface area contributed by atoms with Crippen LogP contribution in [0.1, 0.15) is 37.9 Å². The van der Waals surface area contributed by atoms with Gasteiger partial charge in [-0.2, -0.15) is 4.98 Å². The van der Waals surface area contributed by atoms with Crippen molar-refractivity contribution < 1.29 is 14.4 Å². The van der Waals surface area contributed by atoms with Gasteiger partial charge in [-0.15, -0.1) is 0 Å². The molecule has 0 spiro atoms. The molecular formula is C12H19N3O3. The molecule has 0 aromatic carbocycles. The zero-order valence-electron chi connectivity index (χ0n) is 10.8. The Balaban J connectivity index is 1.92. The highest BCUT2D eigenvalue weighted by Crippen LogP contribution is 2.35. The Morgan fingerprint density at radius 3 is 2.61 bits per heavy atom. The standard InChI is InChI=1S/C12H19N3O3/c1-3-12(11(16)17)4-6-15(7-5-12)8-10-13-9(2)18-14-10/h3-8H2,1-2H3,(H,16,17). The Kier molecular flexibility index (Phi) is 3.65. The summed E-state index contributed by atoms with van der Waals surface area (Å²) in [7, 11) is 0. The molecule has 2 heterocycles. The van der Waals surface area contributed by atoms with E-state index in [0.29, 0.717) is 37.5 Å². The lowest BCUT2D eigenvalue weighted by molar-refractivity contribution is -0.152. The zero-order chi connectivity index (χ0) is 13.2. The zero-order valence-corrected chi connectivity index (χ0v) is 10.8. The molecule has 1 aliphatic heterocycles. The van der Waals surface area contributed by atoms with E-state index in [0.717, 1.165) is 13.1 Å². The summed E-state index contributed by atoms with van der Waals surface area (Å²) >= 11 is 0. The molecule has 6 nitrogen and oxygen atoms in total. The number of likely N-dealkylation sites (tertiary alicyclic amines) is 1. The monoisotopic (exact) mass is 253 g/mol. The van der Waals surface area contributed by atoms with E-state index in [9.17, 15) is 9.90 Å². The second-order valence-corrected chi connectivity index (χ2v) is 4.94. The molecule has 0 amide bonds. The van der Waals surface area contributed by atoms with Gasteiger partial charge in [0.2, 0.25) is 5.89 Å². The SMILES string of the molecule is CCC1(C(=O)O)CCN(Cc2noc(C)n2)CC1. The topological polar surface area (TPSA) is 79.5 Å². The van der Waals surface area contributed by atoms with Crippen LogP contribution in [0.2, 0.25) is 0 Å². The molecule has 1 fully saturated rings. The van der Waals surface area contributed by atoms with Crippen molar-refractivity contribution >= 4 is 5.97 Å². The van der Waals surface area contributed by atoms with Crippen LogP contribution in [0.15, 0.2) is 4.52 Å². The summed E-state index contributed by atoms with van der Waals surface area (Å²) in [5.74, 6) is 0.572. The van der Waals surface area contributed by atoms with Gasteiger partial charge < -0.3 is 9.63 Å². The van der Waals surface area contributed by atoms with Crippen molar-refractivity contribution in [3.63, 3.8) is 0 Å². The molecule has 100 valence electrons. The highest BCUT2D eigenvalue weighted by atomic mass is 16.5. The molecule has 1 aromatic rings. The number of aryl methyl sites for hydroxylation is 1. The molecule has 1 aromatic heterocycles. The van der Waals surface area contributed by atoms with E-state index in [-0.39, 0.29) is 0 Å². The fraction of sp³-hybridized carbons (Fsp3) is 0.750. The third-order valence-electron chi connectivity index (χ3n) is 3.88. The van der Waals surface area contributed by atoms with Gasteiger partial charge in [0.25, 0.3) is 0 Å². The highest BCUT2D eigenvalue weighted by Gasteiger charge is 2.39. The maximum Gasteiger partial charge on any atom is 0.309 e. The number of piperidine rings is 1. The van der Waals surface area contributed by atoms with Gasteiger partial charge in [0.15, 0.2) is 5.82 Å². The van der Waals surface area contributed by atoms with Crippen LogP contribution in [0.3, 0.4) is 0 Å². The van der Waals surface area contributed by atoms with Crippen LogP contribution in [-0.4, -0.2) is 39.2 Å². The van der Waals surface area contributed by atoms with Gasteiger partial charge in [-0.1, -0.05) is 12.1 Å². The fourth-order valence-electron chi connectivity index (χ4n) is 2.46. The molecular weight excluding hydrogens is 234 g/mol. The smallest absolute Gasteiger partial charge is 0.309 e. The lowest BCUT2D eigenvalue weighted by Gasteiger charge is -2.37. The summed E-state index contributed by atoms with van der Waals surface area (Å²) < 4.78 is 4.92. The first-order chi connectivity index (χ1) is 8.55. The summed E-state index contributed by atoms with van der Waals surface area (Å²) in [6.07, 6.45) is 2.07. The van der Waals surface area contributed by atoms with Crippen molar-refractivity contribution in [2.24, 2.45) is 5.41 Å². The minimum atomic E-state index is -0.667. The van der Waals surface area contributed by atoms with Crippen molar-refractivity contribution in [1.82, 2.24) is 15.0 Å². The summed E-state index contributed by atoms with van der Waals surface area (Å²) in [6.45, 7) is 5.89. The van der Waals surface area contributed by atoms with Crippen LogP contribution >= 0.6 is 0 Å². The van der Waals surface area contributed by atoms with Crippen LogP contribution in [0, 0.1) is 12.3 Å². The largest absolute Gasteiger partial charge is 0.481 e. The molecule has 1 N–H and O–H groups in total. The predicted octanol–water partition coefficient (Wildman–Crippen LogP) is 1.45. The number of rotatable bonds is 4. The molecule has 0 aliphatic carbocycles. The highest BCUT2D eigenvalue weighted by molar-refractivity contribution is 5.74. The predicted molar refractivity (Wildman–Crippen MR) is 63.9 cm³/mol. The number of nitrogens with zero attached hydrogens (tertiary/aromatic N) is 3. The molecule has 18 heavy (non-hydrogen) atoms. The summed E-state index contributed by atoms with van der Waals surface area (Å²) in [4.78, 5) is 17.7. The molecule has 0 atom stereocenters. The Morgan fingerprint density at radius 2 is 2.17 bits per heavy atom. The number of carboxylic acids is 1. The quantitative estimate of drug-likeness (QED) is 0.875. The van der Waals surface area contributed by atoms with Crippen LogP contribution < -0.4 is 0 Å². The molecule has 0 radical (unpaired) electrons. The second kappa shape index (κ2) is 5.06. The van der Waals surface area contributed by atoms with Gasteiger partial charge in [0, 0.05) is 6.92 Å². The van der Waals surface area contributed by atoms with Crippen molar-refractivity contribution in [2.75, 3.05) is 13.1 Å². The Morgan fingerprint density at radius 1 is 1.50 bits per heavy atom. The molecule has 2 rings (SSSR count). The van der Waals surface area contributed by atoms with Crippen molar-refractivity contribution in [1.29, 1.82) is 0 Å². The van der Waals surface area contributed by atoms with Crippen LogP contribution in [0.4, 0.5) is 0 Å². The first kappa shape index (κ1) is 13.0. The first-order valence-electron chi connectivity index (χ1n) is 6.31. The molecule has 0 bridgehead atoms. The van der Waals surface area contributed by atoms with E-state index in [1.807, 2.05) is 6.92 Å². The van der Waals surface area contributed by atoms with Crippen LogP contribution in [0.25, 0.3) is 0 Å². The lowest BCUT2D eigenvalue weighted by atomic mass is 9.76. The van der Waals surface area contributed by atoms with E-state index in [4.69, 9.17) is 4.52 Å². The summed E-state index contributed by atoms with van der Waals surface area (Å²) in [5, 5.41) is 13.2. The van der Waals surface area contributed by atoms with Gasteiger partial charge in [-0.05, 0) is 32.4 Å². The first-order valence-corrected chi connectivity index (χ1v) is 6.31. The molecule has 0 unspecified atom stereocenters. The maximum atomic E-state index is 11.3. The van der Waals surface area contributed by atoms with Crippen molar-refractivity contribution in [3.05, 3.63) is 11.7 Å². The second-order valence-electron chi connectivity index (χ2n) is 4.94. The van der Waals surface area contributed by atoms with Crippen molar-refractivity contribution in [2.45, 2.75) is 39.7 Å². The Bertz CT molecular complexity index is 422. The van der Waals surface area contributed by atoms with E-state index in [2.05, 4.69) is 15.0 Å². The maximum absolute atomic E-state index is 11.3. The molecule has 1 aliphatic rings. The Labute approximate surface area is 106 Å². The minimum Gasteiger partial charge on any atom is -0.481 e. The summed E-state index contributed by atoms with van der Waals surface area (Å²) in [5.41, 5.74) is -0.538. The van der Waals surface area contributed by atoms with Gasteiger partial charge in [-0.3, -0.25) is 9.69 Å². The molecule has 0 saturated carbocycles. The fourth-order valence-corrected chi connectivity index (χ4v) is 2.46. The average molecular weight is 253 g/mol. The van der Waals surface area contributed by atoms with E-state index >= 15 is 0 Å². The minimum absolute atomic E-state index is 0.538. The van der Waals surface area contributed by atoms with E-state index < -0.39 is 11.4 Å². The number of aromatic nitrogens is 2. The number of carboxylic acid groups (broad SMARTS) is 1. The number of carbonyl (C=O) groups is 1. The number of hydrogen-bond donors (Lipinski definition) is 1. The normalized spacial score (nSPS) is 19.9. The van der Waals surface area contributed by atoms with Gasteiger partial charge in [0.1, 0.15) is 0 Å². The summed E-state index contributed by atoms with van der Waals surface area (Å²) in [6, 6.07) is 0. The number of aliphatic carboxylic acids is 1. The van der Waals surface area contributed by atoms with Crippen LogP contribution in [-0.2, 0) is 11.3 Å². The third kappa shape index (κ3) is 2.53. The van der Waals surface area contributed by atoms with Crippen molar-refractivity contribution in [3.8, 4) is 0 Å².